The fourth-order valence-corrected chi connectivity index (χ4v) is 2.84. The first-order valence-corrected chi connectivity index (χ1v) is 6.39. The van der Waals surface area contributed by atoms with Crippen LogP contribution >= 0.6 is 23.1 Å². The maximum Gasteiger partial charge on any atom is 0.203 e. The smallest absolute Gasteiger partial charge is 0.203 e. The molecule has 0 fully saturated rings. The second-order valence-electron chi connectivity index (χ2n) is 3.11. The lowest BCUT2D eigenvalue weighted by molar-refractivity contribution is 0.627. The first-order valence-electron chi connectivity index (χ1n) is 4.59. The number of thioether (sulfide) groups is 1. The van der Waals surface area contributed by atoms with Gasteiger partial charge in [0.05, 0.1) is 11.6 Å². The van der Waals surface area contributed by atoms with Crippen LogP contribution in [0.2, 0.25) is 0 Å². The Kier molecular flexibility index (Phi) is 3.56. The number of anilines is 1. The van der Waals surface area contributed by atoms with Gasteiger partial charge in [0.2, 0.25) is 5.13 Å². The third-order valence-corrected chi connectivity index (χ3v) is 3.90. The summed E-state index contributed by atoms with van der Waals surface area (Å²) in [6.45, 7) is 0. The molecule has 0 saturated carbocycles. The van der Waals surface area contributed by atoms with E-state index in [4.69, 9.17) is 11.0 Å². The highest BCUT2D eigenvalue weighted by molar-refractivity contribution is 8.00. The molecule has 2 rings (SSSR count). The predicted molar refractivity (Wildman–Crippen MR) is 65.0 cm³/mol. The number of nitrogens with two attached hydrogens (primary N) is 1. The fourth-order valence-electron chi connectivity index (χ4n) is 1.20. The molecule has 1 aromatic carbocycles. The molecule has 0 unspecified atom stereocenters. The molecular weight excluding hydrogens is 259 g/mol. The first kappa shape index (κ1) is 11.8. The third kappa shape index (κ3) is 2.93. The van der Waals surface area contributed by atoms with Crippen molar-refractivity contribution in [1.82, 2.24) is 10.2 Å². The van der Waals surface area contributed by atoms with Gasteiger partial charge in [0.1, 0.15) is 5.82 Å². The van der Waals surface area contributed by atoms with E-state index in [0.29, 0.717) is 16.4 Å². The Balaban J connectivity index is 2.12. The van der Waals surface area contributed by atoms with E-state index >= 15 is 0 Å². The van der Waals surface area contributed by atoms with Gasteiger partial charge in [0.15, 0.2) is 4.34 Å². The maximum atomic E-state index is 12.9. The second kappa shape index (κ2) is 5.12. The van der Waals surface area contributed by atoms with Gasteiger partial charge in [-0.05, 0) is 17.7 Å². The molecule has 2 N–H and O–H groups in total. The summed E-state index contributed by atoms with van der Waals surface area (Å²) in [6, 6.07) is 6.13. The van der Waals surface area contributed by atoms with Crippen LogP contribution in [0, 0.1) is 17.1 Å². The molecule has 4 nitrogen and oxygen atoms in total. The molecule has 0 aliphatic rings. The van der Waals surface area contributed by atoms with Crippen molar-refractivity contribution in [3.63, 3.8) is 0 Å². The Morgan fingerprint density at radius 3 is 2.94 bits per heavy atom. The molecule has 0 bridgehead atoms. The summed E-state index contributed by atoms with van der Waals surface area (Å²) in [5.74, 6) is 0.133. The zero-order chi connectivity index (χ0) is 12.3. The molecule has 0 atom stereocenters. The highest BCUT2D eigenvalue weighted by atomic mass is 32.2. The highest BCUT2D eigenvalue weighted by Crippen LogP contribution is 2.27. The van der Waals surface area contributed by atoms with Crippen LogP contribution in [0.15, 0.2) is 22.5 Å². The van der Waals surface area contributed by atoms with Crippen molar-refractivity contribution in [3.8, 4) is 6.07 Å². The van der Waals surface area contributed by atoms with E-state index in [9.17, 15) is 4.39 Å². The topological polar surface area (TPSA) is 75.6 Å². The standard InChI is InChI=1S/C10H7FN4S2/c11-8-2-1-6(7(3-8)4-12)5-16-10-15-14-9(13)17-10/h1-3H,5H2,(H2,13,14). The number of nitrogens with zero attached hydrogens (tertiary/aromatic N) is 3. The van der Waals surface area contributed by atoms with E-state index in [-0.39, 0.29) is 0 Å². The number of benzene rings is 1. The van der Waals surface area contributed by atoms with Crippen molar-refractivity contribution in [2.75, 3.05) is 5.73 Å². The maximum absolute atomic E-state index is 12.9. The Hall–Kier alpha value is -1.65. The molecule has 0 aliphatic heterocycles. The van der Waals surface area contributed by atoms with Crippen LogP contribution in [0.4, 0.5) is 9.52 Å². The number of aromatic nitrogens is 2. The largest absolute Gasteiger partial charge is 0.374 e. The zero-order valence-electron chi connectivity index (χ0n) is 8.55. The molecule has 2 aromatic rings. The third-order valence-electron chi connectivity index (χ3n) is 1.97. The van der Waals surface area contributed by atoms with Crippen molar-refractivity contribution in [2.45, 2.75) is 10.1 Å². The van der Waals surface area contributed by atoms with Gasteiger partial charge in [0, 0.05) is 5.75 Å². The number of rotatable bonds is 3. The van der Waals surface area contributed by atoms with Crippen molar-refractivity contribution in [1.29, 1.82) is 5.26 Å². The molecule has 0 aliphatic carbocycles. The van der Waals surface area contributed by atoms with E-state index in [2.05, 4.69) is 10.2 Å². The minimum absolute atomic E-state index is 0.343. The molecule has 1 aromatic heterocycles. The summed E-state index contributed by atoms with van der Waals surface area (Å²) < 4.78 is 13.6. The van der Waals surface area contributed by atoms with Gasteiger partial charge in [-0.3, -0.25) is 0 Å². The van der Waals surface area contributed by atoms with E-state index in [0.717, 1.165) is 9.90 Å². The van der Waals surface area contributed by atoms with Crippen molar-refractivity contribution in [3.05, 3.63) is 35.1 Å². The monoisotopic (exact) mass is 266 g/mol. The summed E-state index contributed by atoms with van der Waals surface area (Å²) in [7, 11) is 0. The molecule has 0 saturated heterocycles. The van der Waals surface area contributed by atoms with E-state index in [1.165, 1.54) is 35.2 Å². The lowest BCUT2D eigenvalue weighted by Crippen LogP contribution is -1.89. The molecule has 0 amide bonds. The van der Waals surface area contributed by atoms with Gasteiger partial charge in [0.25, 0.3) is 0 Å². The summed E-state index contributed by atoms with van der Waals surface area (Å²) in [6.07, 6.45) is 0. The molecular formula is C10H7FN4S2. The van der Waals surface area contributed by atoms with Crippen LogP contribution in [0.3, 0.4) is 0 Å². The summed E-state index contributed by atoms with van der Waals surface area (Å²) in [5.41, 5.74) is 6.57. The molecule has 7 heteroatoms. The Morgan fingerprint density at radius 1 is 1.47 bits per heavy atom. The second-order valence-corrected chi connectivity index (χ2v) is 5.34. The van der Waals surface area contributed by atoms with Crippen LogP contribution in [0.25, 0.3) is 0 Å². The predicted octanol–water partition coefficient (Wildman–Crippen LogP) is 2.42. The van der Waals surface area contributed by atoms with Crippen molar-refractivity contribution < 1.29 is 4.39 Å². The van der Waals surface area contributed by atoms with Crippen molar-refractivity contribution in [2.24, 2.45) is 0 Å². The zero-order valence-corrected chi connectivity index (χ0v) is 10.2. The summed E-state index contributed by atoms with van der Waals surface area (Å²) in [5, 5.41) is 16.8. The summed E-state index contributed by atoms with van der Waals surface area (Å²) in [4.78, 5) is 0. The molecule has 86 valence electrons. The lowest BCUT2D eigenvalue weighted by Gasteiger charge is -2.01. The van der Waals surface area contributed by atoms with Gasteiger partial charge < -0.3 is 5.73 Å². The normalized spacial score (nSPS) is 10.1. The molecule has 0 spiro atoms. The van der Waals surface area contributed by atoms with Gasteiger partial charge in [-0.15, -0.1) is 10.2 Å². The van der Waals surface area contributed by atoms with Crippen LogP contribution in [-0.2, 0) is 5.75 Å². The van der Waals surface area contributed by atoms with E-state index in [1.807, 2.05) is 6.07 Å². The van der Waals surface area contributed by atoms with Gasteiger partial charge in [-0.25, -0.2) is 4.39 Å². The Morgan fingerprint density at radius 2 is 2.29 bits per heavy atom. The minimum Gasteiger partial charge on any atom is -0.374 e. The number of nitriles is 1. The number of nitrogen functional groups attached to an aromatic ring is 1. The van der Waals surface area contributed by atoms with Crippen LogP contribution in [0.5, 0.6) is 0 Å². The van der Waals surface area contributed by atoms with Crippen molar-refractivity contribution >= 4 is 28.2 Å². The molecule has 0 radical (unpaired) electrons. The van der Waals surface area contributed by atoms with E-state index in [1.54, 1.807) is 6.07 Å². The van der Waals surface area contributed by atoms with Crippen LogP contribution in [0.1, 0.15) is 11.1 Å². The number of halogens is 1. The summed E-state index contributed by atoms with van der Waals surface area (Å²) >= 11 is 2.71. The quantitative estimate of drug-likeness (QED) is 0.863. The molecule has 17 heavy (non-hydrogen) atoms. The first-order chi connectivity index (χ1) is 8.19. The number of hydrogen-bond acceptors (Lipinski definition) is 6. The van der Waals surface area contributed by atoms with E-state index < -0.39 is 5.82 Å². The van der Waals surface area contributed by atoms with Gasteiger partial charge in [-0.1, -0.05) is 29.2 Å². The van der Waals surface area contributed by atoms with Crippen LogP contribution in [-0.4, -0.2) is 10.2 Å². The average Bonchev–Trinajstić information content (AvgIpc) is 2.73. The SMILES string of the molecule is N#Cc1cc(F)ccc1CSc1nnc(N)s1. The minimum atomic E-state index is -0.407. The average molecular weight is 266 g/mol. The lowest BCUT2D eigenvalue weighted by atomic mass is 10.1. The Labute approximate surface area is 105 Å². The van der Waals surface area contributed by atoms with Gasteiger partial charge >= 0.3 is 0 Å². The Bertz CT molecular complexity index is 576. The highest BCUT2D eigenvalue weighted by Gasteiger charge is 2.07. The van der Waals surface area contributed by atoms with Gasteiger partial charge in [-0.2, -0.15) is 5.26 Å². The molecule has 1 heterocycles. The van der Waals surface area contributed by atoms with Crippen LogP contribution < -0.4 is 5.73 Å². The number of hydrogen-bond donors (Lipinski definition) is 1. The fraction of sp³-hybridized carbons (Fsp3) is 0.100.